The number of nitrogens with one attached hydrogen (secondary N) is 2. The van der Waals surface area contributed by atoms with E-state index in [1.54, 1.807) is 10.7 Å². The van der Waals surface area contributed by atoms with E-state index in [9.17, 15) is 4.79 Å². The number of carbonyl (C=O) groups excluding carboxylic acids is 1. The molecule has 0 bridgehead atoms. The van der Waals surface area contributed by atoms with Crippen LogP contribution >= 0.6 is 0 Å². The quantitative estimate of drug-likeness (QED) is 0.373. The Kier molecular flexibility index (Phi) is 5.59. The fourth-order valence-electron chi connectivity index (χ4n) is 3.59. The molecule has 0 aliphatic heterocycles. The van der Waals surface area contributed by atoms with Crippen molar-refractivity contribution in [3.05, 3.63) is 47.9 Å². The molecule has 34 heavy (non-hydrogen) atoms. The zero-order chi connectivity index (χ0) is 24.8. The van der Waals surface area contributed by atoms with Crippen LogP contribution in [0.5, 0.6) is 0 Å². The van der Waals surface area contributed by atoms with E-state index in [0.717, 1.165) is 27.9 Å². The lowest BCUT2D eigenvalue weighted by Gasteiger charge is -2.19. The van der Waals surface area contributed by atoms with Crippen LogP contribution in [0.1, 0.15) is 53.0 Å². The summed E-state index contributed by atoms with van der Waals surface area (Å²) in [6.45, 7) is 12.4. The van der Waals surface area contributed by atoms with Gasteiger partial charge in [-0.3, -0.25) is 5.32 Å². The largest absolute Gasteiger partial charge is 0.382 e. The Bertz CT molecular complexity index is 1350. The summed E-state index contributed by atoms with van der Waals surface area (Å²) in [6.07, 6.45) is 0. The number of rotatable bonds is 3. The molecule has 0 unspecified atom stereocenters. The monoisotopic (exact) mass is 461 g/mol. The van der Waals surface area contributed by atoms with Crippen molar-refractivity contribution in [2.75, 3.05) is 16.4 Å². The van der Waals surface area contributed by atoms with E-state index >= 15 is 0 Å². The molecule has 3 heterocycles. The van der Waals surface area contributed by atoms with Gasteiger partial charge in [-0.25, -0.2) is 14.5 Å². The Morgan fingerprint density at radius 2 is 1.68 bits per heavy atom. The third kappa shape index (κ3) is 4.59. The molecule has 4 rings (SSSR count). The van der Waals surface area contributed by atoms with Crippen molar-refractivity contribution in [3.63, 3.8) is 0 Å². The minimum atomic E-state index is -0.403. The molecule has 0 saturated heterocycles. The second kappa shape index (κ2) is 8.16. The third-order valence-corrected chi connectivity index (χ3v) is 5.53. The molecular formula is C25H31N7O2. The van der Waals surface area contributed by atoms with Gasteiger partial charge in [0.25, 0.3) is 0 Å². The number of nitrogen functional groups attached to an aromatic ring is 1. The highest BCUT2D eigenvalue weighted by Gasteiger charge is 2.22. The predicted molar refractivity (Wildman–Crippen MR) is 135 cm³/mol. The highest BCUT2D eigenvalue weighted by Crippen LogP contribution is 2.35. The van der Waals surface area contributed by atoms with Crippen molar-refractivity contribution in [1.29, 1.82) is 0 Å². The zero-order valence-corrected chi connectivity index (χ0v) is 20.6. The molecular weight excluding hydrogens is 430 g/mol. The summed E-state index contributed by atoms with van der Waals surface area (Å²) in [5.41, 5.74) is 10.1. The van der Waals surface area contributed by atoms with Gasteiger partial charge in [-0.2, -0.15) is 5.10 Å². The molecule has 1 aromatic carbocycles. The highest BCUT2D eigenvalue weighted by molar-refractivity contribution is 6.01. The van der Waals surface area contributed by atoms with E-state index in [-0.39, 0.29) is 10.8 Å². The summed E-state index contributed by atoms with van der Waals surface area (Å²) in [5, 5.41) is 14.6. The first-order chi connectivity index (χ1) is 15.8. The maximum atomic E-state index is 12.4. The van der Waals surface area contributed by atoms with Crippen LogP contribution in [0.4, 0.5) is 22.1 Å². The summed E-state index contributed by atoms with van der Waals surface area (Å²) in [5.74, 6) is 1.49. The van der Waals surface area contributed by atoms with Crippen LogP contribution in [-0.4, -0.2) is 26.0 Å². The molecule has 4 N–H and O–H groups in total. The summed E-state index contributed by atoms with van der Waals surface area (Å²) >= 11 is 0. The van der Waals surface area contributed by atoms with Crippen LogP contribution in [0.25, 0.3) is 22.2 Å². The van der Waals surface area contributed by atoms with Crippen LogP contribution in [0.3, 0.4) is 0 Å². The van der Waals surface area contributed by atoms with Gasteiger partial charge in [0.15, 0.2) is 17.3 Å². The van der Waals surface area contributed by atoms with E-state index in [1.807, 2.05) is 52.1 Å². The number of benzene rings is 1. The van der Waals surface area contributed by atoms with Gasteiger partial charge < -0.3 is 15.6 Å². The second-order valence-corrected chi connectivity index (χ2v) is 10.5. The summed E-state index contributed by atoms with van der Waals surface area (Å²) in [6, 6.07) is 10.9. The Labute approximate surface area is 198 Å². The van der Waals surface area contributed by atoms with Gasteiger partial charge in [0.05, 0.1) is 5.39 Å². The highest BCUT2D eigenvalue weighted by atomic mass is 16.5. The lowest BCUT2D eigenvalue weighted by molar-refractivity contribution is 0.262. The Morgan fingerprint density at radius 3 is 2.26 bits per heavy atom. The Balaban J connectivity index is 1.58. The lowest BCUT2D eigenvalue weighted by atomic mass is 9.89. The normalized spacial score (nSPS) is 12.2. The van der Waals surface area contributed by atoms with E-state index in [1.165, 1.54) is 0 Å². The van der Waals surface area contributed by atoms with E-state index in [0.29, 0.717) is 23.1 Å². The molecule has 0 fully saturated rings. The van der Waals surface area contributed by atoms with Crippen molar-refractivity contribution in [2.45, 2.75) is 52.4 Å². The topological polar surface area (TPSA) is 124 Å². The first kappa shape index (κ1) is 23.3. The predicted octanol–water partition coefficient (Wildman–Crippen LogP) is 5.44. The zero-order valence-electron chi connectivity index (χ0n) is 20.6. The van der Waals surface area contributed by atoms with E-state index in [2.05, 4.69) is 47.7 Å². The van der Waals surface area contributed by atoms with Crippen LogP contribution in [0.2, 0.25) is 0 Å². The fraction of sp³-hybridized carbons (Fsp3) is 0.360. The van der Waals surface area contributed by atoms with Gasteiger partial charge in [0, 0.05) is 35.3 Å². The molecule has 178 valence electrons. The van der Waals surface area contributed by atoms with Gasteiger partial charge in [-0.15, -0.1) is 0 Å². The van der Waals surface area contributed by atoms with Gasteiger partial charge in [-0.05, 0) is 29.3 Å². The minimum absolute atomic E-state index is 0.143. The molecule has 0 atom stereocenters. The number of hydrogen-bond acceptors (Lipinski definition) is 6. The molecule has 0 aliphatic carbocycles. The Morgan fingerprint density at radius 1 is 1.00 bits per heavy atom. The maximum Gasteiger partial charge on any atom is 0.324 e. The van der Waals surface area contributed by atoms with Crippen LogP contribution < -0.4 is 16.4 Å². The van der Waals surface area contributed by atoms with Gasteiger partial charge in [0.2, 0.25) is 0 Å². The number of aryl methyl sites for hydroxylation is 1. The molecule has 9 nitrogen and oxygen atoms in total. The van der Waals surface area contributed by atoms with Crippen molar-refractivity contribution in [3.8, 4) is 11.1 Å². The number of hydrogen-bond donors (Lipinski definition) is 3. The number of pyridine rings is 1. The molecule has 4 aromatic rings. The Hall–Kier alpha value is -3.88. The van der Waals surface area contributed by atoms with E-state index in [4.69, 9.17) is 15.2 Å². The number of nitrogens with zero attached hydrogens (tertiary/aromatic N) is 4. The lowest BCUT2D eigenvalue weighted by Crippen LogP contribution is -2.19. The number of fused-ring (bicyclic) bond motifs is 1. The molecule has 0 spiro atoms. The molecule has 2 amide bonds. The molecule has 3 aromatic heterocycles. The third-order valence-electron chi connectivity index (χ3n) is 5.53. The number of aromatic nitrogens is 4. The molecule has 9 heteroatoms. The first-order valence-corrected chi connectivity index (χ1v) is 11.1. The van der Waals surface area contributed by atoms with Crippen molar-refractivity contribution in [1.82, 2.24) is 19.9 Å². The van der Waals surface area contributed by atoms with E-state index < -0.39 is 6.03 Å². The number of nitrogens with two attached hydrogens (primary N) is 1. The summed E-state index contributed by atoms with van der Waals surface area (Å²) < 4.78 is 7.02. The SMILES string of the molecule is Cn1nc(N)c2c(-c3ccc(NC(=O)Nc4cc(C(C)(C)C)on4)cc3)cc(C(C)(C)C)nc21. The summed E-state index contributed by atoms with van der Waals surface area (Å²) in [7, 11) is 1.84. The smallest absolute Gasteiger partial charge is 0.324 e. The summed E-state index contributed by atoms with van der Waals surface area (Å²) in [4.78, 5) is 17.2. The first-order valence-electron chi connectivity index (χ1n) is 11.1. The van der Waals surface area contributed by atoms with Crippen LogP contribution in [0, 0.1) is 0 Å². The number of urea groups is 1. The van der Waals surface area contributed by atoms with Gasteiger partial charge >= 0.3 is 6.03 Å². The maximum absolute atomic E-state index is 12.4. The average molecular weight is 462 g/mol. The second-order valence-electron chi connectivity index (χ2n) is 10.5. The van der Waals surface area contributed by atoms with Gasteiger partial charge in [0.1, 0.15) is 5.76 Å². The van der Waals surface area contributed by atoms with Crippen molar-refractivity contribution in [2.24, 2.45) is 7.05 Å². The van der Waals surface area contributed by atoms with Crippen molar-refractivity contribution < 1.29 is 9.32 Å². The standard InChI is InChI=1S/C25H31N7O2/c1-24(2,3)17-12-16(20-21(26)30-32(7)22(20)28-17)14-8-10-15(11-9-14)27-23(33)29-19-13-18(34-31-19)25(4,5)6/h8-13H,1-7H3,(H2,26,30)(H2,27,29,31,33). The molecule has 0 saturated carbocycles. The molecule has 0 aliphatic rings. The number of amides is 2. The average Bonchev–Trinajstić information content (AvgIpc) is 3.32. The minimum Gasteiger partial charge on any atom is -0.382 e. The van der Waals surface area contributed by atoms with Crippen LogP contribution in [0.15, 0.2) is 40.9 Å². The van der Waals surface area contributed by atoms with Crippen molar-refractivity contribution >= 4 is 34.4 Å². The van der Waals surface area contributed by atoms with Gasteiger partial charge in [-0.1, -0.05) is 58.8 Å². The number of carbonyl (C=O) groups is 1. The molecule has 0 radical (unpaired) electrons. The van der Waals surface area contributed by atoms with Crippen LogP contribution in [-0.2, 0) is 17.9 Å². The number of anilines is 3. The fourth-order valence-corrected chi connectivity index (χ4v) is 3.59.